The topological polar surface area (TPSA) is 86.8 Å². The molecule has 39 heavy (non-hydrogen) atoms. The first-order valence-corrected chi connectivity index (χ1v) is 14.7. The highest BCUT2D eigenvalue weighted by Crippen LogP contribution is 2.26. The van der Waals surface area contributed by atoms with Crippen molar-refractivity contribution in [1.29, 1.82) is 0 Å². The van der Waals surface area contributed by atoms with Gasteiger partial charge >= 0.3 is 0 Å². The number of sulfonamides is 1. The summed E-state index contributed by atoms with van der Waals surface area (Å²) in [6.07, 6.45) is 0.729. The zero-order valence-corrected chi connectivity index (χ0v) is 24.6. The smallest absolute Gasteiger partial charge is 0.264 e. The number of anilines is 1. The Kier molecular flexibility index (Phi) is 10.2. The second-order valence-electron chi connectivity index (χ2n) is 9.77. The monoisotopic (exact) mass is 569 g/mol. The van der Waals surface area contributed by atoms with Crippen LogP contribution in [0.2, 0.25) is 5.02 Å². The molecular formula is C30H36ClN3O4S. The number of halogens is 1. The van der Waals surface area contributed by atoms with E-state index in [9.17, 15) is 18.0 Å². The van der Waals surface area contributed by atoms with Crippen molar-refractivity contribution < 1.29 is 18.0 Å². The maximum absolute atomic E-state index is 14.0. The fourth-order valence-electron chi connectivity index (χ4n) is 4.01. The van der Waals surface area contributed by atoms with Gasteiger partial charge in [-0.05, 0) is 75.6 Å². The van der Waals surface area contributed by atoms with Gasteiger partial charge in [0.2, 0.25) is 11.8 Å². The minimum absolute atomic E-state index is 0.0415. The number of nitrogens with zero attached hydrogens (tertiary/aromatic N) is 2. The van der Waals surface area contributed by atoms with E-state index in [-0.39, 0.29) is 23.4 Å². The predicted octanol–water partition coefficient (Wildman–Crippen LogP) is 5.48. The van der Waals surface area contributed by atoms with E-state index in [4.69, 9.17) is 11.6 Å². The minimum Gasteiger partial charge on any atom is -0.352 e. The van der Waals surface area contributed by atoms with Crippen molar-refractivity contribution in [2.75, 3.05) is 10.8 Å². The van der Waals surface area contributed by atoms with E-state index in [0.29, 0.717) is 16.3 Å². The van der Waals surface area contributed by atoms with Gasteiger partial charge in [-0.25, -0.2) is 8.42 Å². The van der Waals surface area contributed by atoms with Crippen LogP contribution in [0.4, 0.5) is 5.69 Å². The molecule has 9 heteroatoms. The molecule has 0 aliphatic rings. The van der Waals surface area contributed by atoms with E-state index in [2.05, 4.69) is 5.32 Å². The van der Waals surface area contributed by atoms with Crippen LogP contribution in [0.25, 0.3) is 0 Å². The van der Waals surface area contributed by atoms with Gasteiger partial charge in [0.15, 0.2) is 0 Å². The van der Waals surface area contributed by atoms with Gasteiger partial charge in [-0.2, -0.15) is 0 Å². The number of hydrogen-bond donors (Lipinski definition) is 1. The second-order valence-corrected chi connectivity index (χ2v) is 12.0. The Morgan fingerprint density at radius 3 is 2.21 bits per heavy atom. The van der Waals surface area contributed by atoms with Gasteiger partial charge in [-0.1, -0.05) is 66.6 Å². The summed E-state index contributed by atoms with van der Waals surface area (Å²) in [6.45, 7) is 8.75. The van der Waals surface area contributed by atoms with E-state index in [1.54, 1.807) is 61.5 Å². The third kappa shape index (κ3) is 7.61. The Labute approximate surface area is 236 Å². The quantitative estimate of drug-likeness (QED) is 0.331. The molecule has 208 valence electrons. The summed E-state index contributed by atoms with van der Waals surface area (Å²) in [5, 5.41) is 3.37. The maximum atomic E-state index is 14.0. The number of carbonyl (C=O) groups is 2. The van der Waals surface area contributed by atoms with Crippen LogP contribution in [0.3, 0.4) is 0 Å². The normalized spacial score (nSPS) is 12.9. The van der Waals surface area contributed by atoms with E-state index in [1.165, 1.54) is 17.0 Å². The number of benzene rings is 3. The minimum atomic E-state index is -4.11. The Bertz CT molecular complexity index is 1410. The van der Waals surface area contributed by atoms with Crippen LogP contribution in [0.1, 0.15) is 43.9 Å². The summed E-state index contributed by atoms with van der Waals surface area (Å²) >= 11 is 6.40. The van der Waals surface area contributed by atoms with E-state index in [0.717, 1.165) is 21.9 Å². The fourth-order valence-corrected chi connectivity index (χ4v) is 5.61. The molecule has 0 spiro atoms. The standard InChI is InChI=1S/C30H36ClN3O4S/c1-6-23(4)32-30(36)24(5)33(19-25-11-7-8-13-28(25)31)29(35)20-34(26-12-9-10-22(3)18-26)39(37,38)27-16-14-21(2)15-17-27/h7-18,23-24H,6,19-20H2,1-5H3,(H,32,36)/t23-,24-/m1/s1. The molecule has 2 amide bonds. The van der Waals surface area contributed by atoms with Crippen molar-refractivity contribution in [3.05, 3.63) is 94.5 Å². The lowest BCUT2D eigenvalue weighted by atomic mass is 10.1. The van der Waals surface area contributed by atoms with Gasteiger partial charge in [-0.15, -0.1) is 0 Å². The average molecular weight is 570 g/mol. The molecule has 0 aliphatic heterocycles. The summed E-state index contributed by atoms with van der Waals surface area (Å²) in [7, 11) is -4.11. The summed E-state index contributed by atoms with van der Waals surface area (Å²) in [4.78, 5) is 28.5. The van der Waals surface area contributed by atoms with Crippen LogP contribution in [0.5, 0.6) is 0 Å². The van der Waals surface area contributed by atoms with Gasteiger partial charge in [0.1, 0.15) is 12.6 Å². The molecule has 0 aromatic heterocycles. The predicted molar refractivity (Wildman–Crippen MR) is 156 cm³/mol. The molecule has 0 heterocycles. The Hall–Kier alpha value is -3.36. The lowest BCUT2D eigenvalue weighted by molar-refractivity contribution is -0.139. The van der Waals surface area contributed by atoms with Gasteiger partial charge in [-0.3, -0.25) is 13.9 Å². The second kappa shape index (κ2) is 13.1. The highest BCUT2D eigenvalue weighted by Gasteiger charge is 2.33. The lowest BCUT2D eigenvalue weighted by Gasteiger charge is -2.32. The number of aryl methyl sites for hydroxylation is 2. The fraction of sp³-hybridized carbons (Fsp3) is 0.333. The highest BCUT2D eigenvalue weighted by molar-refractivity contribution is 7.92. The molecule has 3 aromatic carbocycles. The lowest BCUT2D eigenvalue weighted by Crippen LogP contribution is -2.52. The molecule has 0 saturated heterocycles. The summed E-state index contributed by atoms with van der Waals surface area (Å²) in [5.74, 6) is -0.854. The molecule has 0 saturated carbocycles. The summed E-state index contributed by atoms with van der Waals surface area (Å²) < 4.78 is 28.8. The van der Waals surface area contributed by atoms with Crippen molar-refractivity contribution in [2.24, 2.45) is 0 Å². The molecule has 0 aliphatic carbocycles. The Morgan fingerprint density at radius 2 is 1.59 bits per heavy atom. The van der Waals surface area contributed by atoms with Gasteiger partial charge in [0.05, 0.1) is 10.6 Å². The molecule has 0 bridgehead atoms. The molecule has 0 fully saturated rings. The molecule has 3 aromatic rings. The van der Waals surface area contributed by atoms with Crippen molar-refractivity contribution in [3.8, 4) is 0 Å². The van der Waals surface area contributed by atoms with Crippen LogP contribution in [-0.2, 0) is 26.2 Å². The molecule has 7 nitrogen and oxygen atoms in total. The summed E-state index contributed by atoms with van der Waals surface area (Å²) in [5.41, 5.74) is 2.77. The third-order valence-corrected chi connectivity index (χ3v) is 8.80. The average Bonchev–Trinajstić information content (AvgIpc) is 2.90. The van der Waals surface area contributed by atoms with Crippen LogP contribution < -0.4 is 9.62 Å². The van der Waals surface area contributed by atoms with Crippen LogP contribution in [0.15, 0.2) is 77.7 Å². The van der Waals surface area contributed by atoms with E-state index in [1.807, 2.05) is 33.8 Å². The zero-order valence-electron chi connectivity index (χ0n) is 23.0. The van der Waals surface area contributed by atoms with Crippen molar-refractivity contribution in [3.63, 3.8) is 0 Å². The number of hydrogen-bond acceptors (Lipinski definition) is 4. The number of amides is 2. The Balaban J connectivity index is 2.04. The number of rotatable bonds is 11. The molecule has 3 rings (SSSR count). The maximum Gasteiger partial charge on any atom is 0.264 e. The van der Waals surface area contributed by atoms with E-state index >= 15 is 0 Å². The zero-order chi connectivity index (χ0) is 28.7. The largest absolute Gasteiger partial charge is 0.352 e. The molecule has 2 atom stereocenters. The first kappa shape index (κ1) is 30.2. The van der Waals surface area contributed by atoms with Gasteiger partial charge in [0, 0.05) is 17.6 Å². The van der Waals surface area contributed by atoms with Crippen molar-refractivity contribution >= 4 is 39.1 Å². The first-order valence-electron chi connectivity index (χ1n) is 12.9. The summed E-state index contributed by atoms with van der Waals surface area (Å²) in [6, 6.07) is 19.6. The van der Waals surface area contributed by atoms with Crippen molar-refractivity contribution in [2.45, 2.75) is 64.6 Å². The molecule has 1 N–H and O–H groups in total. The van der Waals surface area contributed by atoms with Crippen LogP contribution in [-0.4, -0.2) is 43.8 Å². The van der Waals surface area contributed by atoms with E-state index < -0.39 is 28.5 Å². The SMILES string of the molecule is CC[C@@H](C)NC(=O)[C@@H](C)N(Cc1ccccc1Cl)C(=O)CN(c1cccc(C)c1)S(=O)(=O)c1ccc(C)cc1. The highest BCUT2D eigenvalue weighted by atomic mass is 35.5. The Morgan fingerprint density at radius 1 is 0.923 bits per heavy atom. The van der Waals surface area contributed by atoms with Crippen molar-refractivity contribution in [1.82, 2.24) is 10.2 Å². The van der Waals surface area contributed by atoms with Crippen LogP contribution >= 0.6 is 11.6 Å². The third-order valence-electron chi connectivity index (χ3n) is 6.64. The molecule has 0 unspecified atom stereocenters. The van der Waals surface area contributed by atoms with Crippen LogP contribution in [0, 0.1) is 13.8 Å². The molecular weight excluding hydrogens is 534 g/mol. The number of nitrogens with one attached hydrogen (secondary N) is 1. The number of carbonyl (C=O) groups excluding carboxylic acids is 2. The first-order chi connectivity index (χ1) is 18.4. The molecule has 0 radical (unpaired) electrons. The van der Waals surface area contributed by atoms with Gasteiger partial charge in [0.25, 0.3) is 10.0 Å². The van der Waals surface area contributed by atoms with Gasteiger partial charge < -0.3 is 10.2 Å².